The molecule has 1 heterocycles. The fourth-order valence-electron chi connectivity index (χ4n) is 2.93. The summed E-state index contributed by atoms with van der Waals surface area (Å²) in [7, 11) is 1.36. The van der Waals surface area contributed by atoms with E-state index in [9.17, 15) is 4.79 Å². The van der Waals surface area contributed by atoms with Gasteiger partial charge in [-0.25, -0.2) is 9.78 Å². The summed E-state index contributed by atoms with van der Waals surface area (Å²) in [5, 5.41) is 0. The van der Waals surface area contributed by atoms with Crippen molar-refractivity contribution in [2.45, 2.75) is 51.9 Å². The second-order valence-corrected chi connectivity index (χ2v) is 5.93. The summed E-state index contributed by atoms with van der Waals surface area (Å²) in [6.45, 7) is 1.85. The number of aryl methyl sites for hydroxylation is 1. The van der Waals surface area contributed by atoms with Gasteiger partial charge < -0.3 is 9.72 Å². The maximum Gasteiger partial charge on any atom is 0.342 e. The maximum absolute atomic E-state index is 11.7. The molecular weight excluding hydrogens is 272 g/mol. The highest BCUT2D eigenvalue weighted by Gasteiger charge is 2.17. The van der Waals surface area contributed by atoms with Crippen molar-refractivity contribution in [1.82, 2.24) is 9.97 Å². The molecule has 1 N–H and O–H groups in total. The van der Waals surface area contributed by atoms with E-state index in [0.29, 0.717) is 16.1 Å². The summed E-state index contributed by atoms with van der Waals surface area (Å²) in [6, 6.07) is 0. The number of carbonyl (C=O) groups is 1. The van der Waals surface area contributed by atoms with Crippen LogP contribution in [0.4, 0.5) is 0 Å². The van der Waals surface area contributed by atoms with E-state index in [2.05, 4.69) is 9.97 Å². The van der Waals surface area contributed by atoms with Gasteiger partial charge in [-0.05, 0) is 12.8 Å². The van der Waals surface area contributed by atoms with Gasteiger partial charge >= 0.3 is 5.97 Å². The van der Waals surface area contributed by atoms with Crippen molar-refractivity contribution in [1.29, 1.82) is 0 Å². The number of ether oxygens (including phenoxy) is 1. The molecule has 0 saturated heterocycles. The van der Waals surface area contributed by atoms with E-state index in [0.717, 1.165) is 17.9 Å². The largest absolute Gasteiger partial charge is 0.465 e. The van der Waals surface area contributed by atoms with Crippen LogP contribution in [0, 0.1) is 17.5 Å². The normalized spacial score (nSPS) is 16.7. The lowest BCUT2D eigenvalue weighted by atomic mass is 9.96. The van der Waals surface area contributed by atoms with Crippen LogP contribution in [0.1, 0.15) is 60.4 Å². The van der Waals surface area contributed by atoms with Gasteiger partial charge in [0, 0.05) is 12.1 Å². The van der Waals surface area contributed by atoms with Crippen molar-refractivity contribution in [2.75, 3.05) is 7.11 Å². The van der Waals surface area contributed by atoms with Gasteiger partial charge in [-0.15, -0.1) is 0 Å². The fourth-order valence-corrected chi connectivity index (χ4v) is 3.27. The zero-order valence-electron chi connectivity index (χ0n) is 12.2. The van der Waals surface area contributed by atoms with Crippen molar-refractivity contribution in [2.24, 2.45) is 5.92 Å². The molecule has 4 nitrogen and oxygen atoms in total. The predicted octanol–water partition coefficient (Wildman–Crippen LogP) is 3.75. The van der Waals surface area contributed by atoms with Gasteiger partial charge in [-0.3, -0.25) is 0 Å². The molecule has 0 bridgehead atoms. The summed E-state index contributed by atoms with van der Waals surface area (Å²) in [5.74, 6) is 1.16. The Morgan fingerprint density at radius 1 is 1.35 bits per heavy atom. The van der Waals surface area contributed by atoms with Gasteiger partial charge in [0.05, 0.1) is 7.11 Å². The summed E-state index contributed by atoms with van der Waals surface area (Å²) in [5.41, 5.74) is 1.13. The van der Waals surface area contributed by atoms with Crippen LogP contribution in [0.25, 0.3) is 0 Å². The number of esters is 1. The lowest BCUT2D eigenvalue weighted by Gasteiger charge is -2.14. The first-order chi connectivity index (χ1) is 9.61. The van der Waals surface area contributed by atoms with Crippen molar-refractivity contribution >= 4 is 18.2 Å². The number of nitrogens with zero attached hydrogens (tertiary/aromatic N) is 1. The minimum absolute atomic E-state index is 0.344. The predicted molar refractivity (Wildman–Crippen MR) is 80.4 cm³/mol. The molecule has 20 heavy (non-hydrogen) atoms. The summed E-state index contributed by atoms with van der Waals surface area (Å²) in [4.78, 5) is 19.3. The molecule has 0 spiro atoms. The first kappa shape index (κ1) is 15.2. The Morgan fingerprint density at radius 3 is 2.55 bits per heavy atom. The van der Waals surface area contributed by atoms with Gasteiger partial charge in [0.15, 0.2) is 0 Å². The van der Waals surface area contributed by atoms with Crippen molar-refractivity contribution in [3.8, 4) is 0 Å². The zero-order valence-corrected chi connectivity index (χ0v) is 13.0. The van der Waals surface area contributed by atoms with Gasteiger partial charge in [-0.1, -0.05) is 50.7 Å². The minimum Gasteiger partial charge on any atom is -0.465 e. The Hall–Kier alpha value is -1.23. The number of carbonyl (C=O) groups excluding carboxylic acids is 1. The second kappa shape index (κ2) is 6.97. The van der Waals surface area contributed by atoms with Crippen molar-refractivity contribution in [3.05, 3.63) is 21.7 Å². The maximum atomic E-state index is 11.7. The SMILES string of the molecule is COC(=O)c1c(C)[nH]c(CC2CCCCCC2)nc1=S. The molecule has 1 aromatic heterocycles. The van der Waals surface area contributed by atoms with Crippen LogP contribution in [0.15, 0.2) is 0 Å². The lowest BCUT2D eigenvalue weighted by Crippen LogP contribution is -2.13. The number of hydrogen-bond donors (Lipinski definition) is 1. The van der Waals surface area contributed by atoms with E-state index in [-0.39, 0.29) is 0 Å². The number of rotatable bonds is 3. The number of aromatic nitrogens is 2. The van der Waals surface area contributed by atoms with Gasteiger partial charge in [0.25, 0.3) is 0 Å². The average molecular weight is 294 g/mol. The quantitative estimate of drug-likeness (QED) is 0.524. The first-order valence-corrected chi connectivity index (χ1v) is 7.70. The molecular formula is C15H22N2O2S. The molecule has 1 aliphatic carbocycles. The van der Waals surface area contributed by atoms with E-state index in [4.69, 9.17) is 17.0 Å². The Kier molecular flexibility index (Phi) is 5.29. The van der Waals surface area contributed by atoms with Crippen molar-refractivity contribution in [3.63, 3.8) is 0 Å². The molecule has 0 radical (unpaired) electrons. The van der Waals surface area contributed by atoms with Crippen LogP contribution in [-0.4, -0.2) is 23.0 Å². The molecule has 0 unspecified atom stereocenters. The number of hydrogen-bond acceptors (Lipinski definition) is 4. The zero-order chi connectivity index (χ0) is 14.5. The van der Waals surface area contributed by atoms with E-state index >= 15 is 0 Å². The van der Waals surface area contributed by atoms with Gasteiger partial charge in [0.2, 0.25) is 0 Å². The summed E-state index contributed by atoms with van der Waals surface area (Å²) in [6.07, 6.45) is 8.77. The van der Waals surface area contributed by atoms with Crippen LogP contribution < -0.4 is 0 Å². The van der Waals surface area contributed by atoms with E-state index in [1.165, 1.54) is 45.6 Å². The van der Waals surface area contributed by atoms with Gasteiger partial charge in [0.1, 0.15) is 16.0 Å². The molecule has 110 valence electrons. The molecule has 5 heteroatoms. The third-order valence-electron chi connectivity index (χ3n) is 4.00. The van der Waals surface area contributed by atoms with Crippen LogP contribution in [0.5, 0.6) is 0 Å². The smallest absolute Gasteiger partial charge is 0.342 e. The van der Waals surface area contributed by atoms with Crippen LogP contribution in [0.3, 0.4) is 0 Å². The first-order valence-electron chi connectivity index (χ1n) is 7.30. The number of aromatic amines is 1. The number of nitrogens with one attached hydrogen (secondary N) is 1. The molecule has 2 rings (SSSR count). The Balaban J connectivity index is 2.17. The Morgan fingerprint density at radius 2 is 2.00 bits per heavy atom. The van der Waals surface area contributed by atoms with Crippen molar-refractivity contribution < 1.29 is 9.53 Å². The fraction of sp³-hybridized carbons (Fsp3) is 0.667. The molecule has 0 atom stereocenters. The van der Waals surface area contributed by atoms with Crippen LogP contribution in [-0.2, 0) is 11.2 Å². The Bertz CT molecular complexity index is 531. The molecule has 1 saturated carbocycles. The summed E-state index contributed by atoms with van der Waals surface area (Å²) < 4.78 is 5.08. The topological polar surface area (TPSA) is 55.0 Å². The lowest BCUT2D eigenvalue weighted by molar-refractivity contribution is 0.0598. The van der Waals surface area contributed by atoms with Gasteiger partial charge in [-0.2, -0.15) is 0 Å². The highest BCUT2D eigenvalue weighted by molar-refractivity contribution is 7.71. The molecule has 1 aromatic rings. The third kappa shape index (κ3) is 3.66. The average Bonchev–Trinajstić information content (AvgIpc) is 2.66. The van der Waals surface area contributed by atoms with Crippen LogP contribution in [0.2, 0.25) is 0 Å². The highest BCUT2D eigenvalue weighted by atomic mass is 32.1. The highest BCUT2D eigenvalue weighted by Crippen LogP contribution is 2.25. The monoisotopic (exact) mass is 294 g/mol. The second-order valence-electron chi connectivity index (χ2n) is 5.54. The number of H-pyrrole nitrogens is 1. The van der Waals surface area contributed by atoms with E-state index in [1.54, 1.807) is 0 Å². The third-order valence-corrected chi connectivity index (χ3v) is 4.30. The summed E-state index contributed by atoms with van der Waals surface area (Å²) >= 11 is 5.23. The molecule has 0 amide bonds. The minimum atomic E-state index is -0.419. The molecule has 0 aromatic carbocycles. The standard InChI is InChI=1S/C15H22N2O2S/c1-10-13(15(18)19-2)14(20)17-12(16-10)9-11-7-5-3-4-6-8-11/h11H,3-9H2,1-2H3,(H,16,17,20). The number of methoxy groups -OCH3 is 1. The Labute approximate surface area is 125 Å². The van der Waals surface area contributed by atoms with E-state index in [1.807, 2.05) is 6.92 Å². The molecule has 0 aliphatic heterocycles. The van der Waals surface area contributed by atoms with Crippen LogP contribution >= 0.6 is 12.2 Å². The molecule has 1 aliphatic rings. The molecule has 1 fully saturated rings. The van der Waals surface area contributed by atoms with E-state index < -0.39 is 5.97 Å².